The van der Waals surface area contributed by atoms with E-state index in [2.05, 4.69) is 15.9 Å². The van der Waals surface area contributed by atoms with Crippen molar-refractivity contribution < 1.29 is 4.74 Å². The molecular weight excluding hydrogens is 250 g/mol. The predicted octanol–water partition coefficient (Wildman–Crippen LogP) is 3.25. The molecule has 0 spiro atoms. The third kappa shape index (κ3) is 1.40. The van der Waals surface area contributed by atoms with Gasteiger partial charge in [-0.1, -0.05) is 15.9 Å². The smallest absolute Gasteiger partial charge is 0.137 e. The highest BCUT2D eigenvalue weighted by atomic mass is 79.9. The van der Waals surface area contributed by atoms with E-state index in [0.717, 1.165) is 26.0 Å². The van der Waals surface area contributed by atoms with E-state index in [9.17, 15) is 0 Å². The second-order valence-electron chi connectivity index (χ2n) is 2.68. The minimum absolute atomic E-state index is 0.805. The first-order valence-electron chi connectivity index (χ1n) is 3.72. The average Bonchev–Trinajstić information content (AvgIpc) is 2.47. The summed E-state index contributed by atoms with van der Waals surface area (Å²) in [5.41, 5.74) is 6.61. The van der Waals surface area contributed by atoms with Crippen LogP contribution in [0, 0.1) is 0 Å². The van der Waals surface area contributed by atoms with Crippen LogP contribution in [0.15, 0.2) is 22.0 Å². The number of benzene rings is 1. The normalized spacial score (nSPS) is 10.6. The van der Waals surface area contributed by atoms with Gasteiger partial charge in [-0.3, -0.25) is 0 Å². The maximum absolute atomic E-state index is 5.80. The standard InChI is InChI=1S/C9H8BrNOS/c1-12-8-3-5(10)2-6-7(11)4-13-9(6)8/h2-4H,11H2,1H3. The fourth-order valence-corrected chi connectivity index (χ4v) is 2.61. The van der Waals surface area contributed by atoms with E-state index >= 15 is 0 Å². The highest BCUT2D eigenvalue weighted by Gasteiger charge is 2.07. The number of hydrogen-bond acceptors (Lipinski definition) is 3. The van der Waals surface area contributed by atoms with Gasteiger partial charge in [0.1, 0.15) is 5.75 Å². The molecule has 0 bridgehead atoms. The Kier molecular flexibility index (Phi) is 2.17. The van der Waals surface area contributed by atoms with Gasteiger partial charge in [0.2, 0.25) is 0 Å². The maximum atomic E-state index is 5.80. The molecule has 1 heterocycles. The largest absolute Gasteiger partial charge is 0.495 e. The molecule has 4 heteroatoms. The van der Waals surface area contributed by atoms with E-state index in [1.807, 2.05) is 17.5 Å². The Bertz CT molecular complexity index is 452. The van der Waals surface area contributed by atoms with E-state index in [1.165, 1.54) is 0 Å². The first-order valence-corrected chi connectivity index (χ1v) is 5.40. The van der Waals surface area contributed by atoms with Gasteiger partial charge in [-0.25, -0.2) is 0 Å². The summed E-state index contributed by atoms with van der Waals surface area (Å²) in [7, 11) is 1.66. The number of nitrogen functional groups attached to an aromatic ring is 1. The molecule has 2 aromatic rings. The van der Waals surface area contributed by atoms with Crippen LogP contribution in [0.3, 0.4) is 0 Å². The average molecular weight is 258 g/mol. The first-order chi connectivity index (χ1) is 6.22. The van der Waals surface area contributed by atoms with Gasteiger partial charge >= 0.3 is 0 Å². The topological polar surface area (TPSA) is 35.2 Å². The van der Waals surface area contributed by atoms with Crippen molar-refractivity contribution in [1.29, 1.82) is 0 Å². The molecule has 0 atom stereocenters. The molecule has 13 heavy (non-hydrogen) atoms. The van der Waals surface area contributed by atoms with Crippen LogP contribution in [0.5, 0.6) is 5.75 Å². The molecule has 0 unspecified atom stereocenters. The van der Waals surface area contributed by atoms with Crippen LogP contribution >= 0.6 is 27.3 Å². The number of methoxy groups -OCH3 is 1. The fraction of sp³-hybridized carbons (Fsp3) is 0.111. The molecule has 1 aromatic carbocycles. The number of hydrogen-bond donors (Lipinski definition) is 1. The molecule has 0 saturated carbocycles. The van der Waals surface area contributed by atoms with E-state index < -0.39 is 0 Å². The predicted molar refractivity (Wildman–Crippen MR) is 60.5 cm³/mol. The van der Waals surface area contributed by atoms with Gasteiger partial charge in [-0.15, -0.1) is 11.3 Å². The van der Waals surface area contributed by atoms with Crippen molar-refractivity contribution in [2.24, 2.45) is 0 Å². The number of halogens is 1. The first kappa shape index (κ1) is 8.84. The van der Waals surface area contributed by atoms with Crippen LogP contribution in [-0.2, 0) is 0 Å². The van der Waals surface area contributed by atoms with Crippen LogP contribution in [-0.4, -0.2) is 7.11 Å². The summed E-state index contributed by atoms with van der Waals surface area (Å²) in [6.45, 7) is 0. The SMILES string of the molecule is COc1cc(Br)cc2c(N)csc12. The Labute approximate surface area is 88.4 Å². The third-order valence-electron chi connectivity index (χ3n) is 1.85. The second-order valence-corrected chi connectivity index (χ2v) is 4.47. The lowest BCUT2D eigenvalue weighted by atomic mass is 10.2. The summed E-state index contributed by atoms with van der Waals surface area (Å²) in [6.07, 6.45) is 0. The summed E-state index contributed by atoms with van der Waals surface area (Å²) in [4.78, 5) is 0. The number of ether oxygens (including phenoxy) is 1. The second kappa shape index (κ2) is 3.20. The molecule has 68 valence electrons. The van der Waals surface area contributed by atoms with Gasteiger partial charge < -0.3 is 10.5 Å². The van der Waals surface area contributed by atoms with Crippen molar-refractivity contribution >= 4 is 43.0 Å². The van der Waals surface area contributed by atoms with Crippen LogP contribution < -0.4 is 10.5 Å². The van der Waals surface area contributed by atoms with E-state index in [-0.39, 0.29) is 0 Å². The van der Waals surface area contributed by atoms with Crippen molar-refractivity contribution in [2.75, 3.05) is 12.8 Å². The van der Waals surface area contributed by atoms with E-state index in [4.69, 9.17) is 10.5 Å². The summed E-state index contributed by atoms with van der Waals surface area (Å²) in [6, 6.07) is 3.95. The van der Waals surface area contributed by atoms with Crippen molar-refractivity contribution in [3.63, 3.8) is 0 Å². The Morgan fingerprint density at radius 1 is 1.46 bits per heavy atom. The number of thiophene rings is 1. The number of fused-ring (bicyclic) bond motifs is 1. The van der Waals surface area contributed by atoms with Crippen LogP contribution in [0.2, 0.25) is 0 Å². The molecule has 2 rings (SSSR count). The Balaban J connectivity index is 2.84. The lowest BCUT2D eigenvalue weighted by Crippen LogP contribution is -1.84. The Morgan fingerprint density at radius 2 is 2.23 bits per heavy atom. The lowest BCUT2D eigenvalue weighted by Gasteiger charge is -2.02. The minimum Gasteiger partial charge on any atom is -0.495 e. The number of nitrogens with two attached hydrogens (primary N) is 1. The zero-order valence-electron chi connectivity index (χ0n) is 7.00. The van der Waals surface area contributed by atoms with Gasteiger partial charge in [0.05, 0.1) is 17.5 Å². The van der Waals surface area contributed by atoms with Gasteiger partial charge in [0.15, 0.2) is 0 Å². The van der Waals surface area contributed by atoms with Crippen LogP contribution in [0.4, 0.5) is 5.69 Å². The molecule has 2 N–H and O–H groups in total. The molecule has 0 aliphatic carbocycles. The van der Waals surface area contributed by atoms with Crippen LogP contribution in [0.25, 0.3) is 10.1 Å². The minimum atomic E-state index is 0.805. The molecule has 0 fully saturated rings. The molecule has 0 aliphatic heterocycles. The molecule has 0 aliphatic rings. The van der Waals surface area contributed by atoms with Crippen molar-refractivity contribution in [1.82, 2.24) is 0 Å². The van der Waals surface area contributed by atoms with Crippen molar-refractivity contribution in [3.8, 4) is 5.75 Å². The molecule has 0 amide bonds. The zero-order chi connectivity index (χ0) is 9.42. The highest BCUT2D eigenvalue weighted by molar-refractivity contribution is 9.10. The summed E-state index contributed by atoms with van der Waals surface area (Å²) >= 11 is 5.01. The van der Waals surface area contributed by atoms with E-state index in [0.29, 0.717) is 0 Å². The monoisotopic (exact) mass is 257 g/mol. The summed E-state index contributed by atoms with van der Waals surface area (Å²) in [5.74, 6) is 0.867. The van der Waals surface area contributed by atoms with Crippen molar-refractivity contribution in [2.45, 2.75) is 0 Å². The number of anilines is 1. The molecule has 2 nitrogen and oxygen atoms in total. The highest BCUT2D eigenvalue weighted by Crippen LogP contribution is 2.37. The molecule has 1 aromatic heterocycles. The fourth-order valence-electron chi connectivity index (χ4n) is 1.24. The van der Waals surface area contributed by atoms with Gasteiger partial charge in [-0.05, 0) is 12.1 Å². The van der Waals surface area contributed by atoms with Crippen LogP contribution in [0.1, 0.15) is 0 Å². The Morgan fingerprint density at radius 3 is 2.92 bits per heavy atom. The summed E-state index contributed by atoms with van der Waals surface area (Å²) in [5, 5.41) is 2.98. The quantitative estimate of drug-likeness (QED) is 0.852. The molecule has 0 saturated heterocycles. The van der Waals surface area contributed by atoms with Gasteiger partial charge in [0, 0.05) is 15.2 Å². The van der Waals surface area contributed by atoms with E-state index in [1.54, 1.807) is 18.4 Å². The molecule has 0 radical (unpaired) electrons. The van der Waals surface area contributed by atoms with Gasteiger partial charge in [0.25, 0.3) is 0 Å². The van der Waals surface area contributed by atoms with Gasteiger partial charge in [-0.2, -0.15) is 0 Å². The summed E-state index contributed by atoms with van der Waals surface area (Å²) < 4.78 is 7.33. The molecular formula is C9H8BrNOS. The third-order valence-corrected chi connectivity index (χ3v) is 3.34. The maximum Gasteiger partial charge on any atom is 0.137 e. The zero-order valence-corrected chi connectivity index (χ0v) is 9.41. The Hall–Kier alpha value is -0.740. The number of rotatable bonds is 1. The lowest BCUT2D eigenvalue weighted by molar-refractivity contribution is 0.420. The van der Waals surface area contributed by atoms with Crippen molar-refractivity contribution in [3.05, 3.63) is 22.0 Å².